The third-order valence-corrected chi connectivity index (χ3v) is 2.95. The second kappa shape index (κ2) is 4.85. The molecule has 4 nitrogen and oxygen atoms in total. The Kier molecular flexibility index (Phi) is 3.42. The number of halogens is 3. The highest BCUT2D eigenvalue weighted by atomic mass is 79.9. The third kappa shape index (κ3) is 2.40. The Morgan fingerprint density at radius 2 is 2.17 bits per heavy atom. The zero-order valence-corrected chi connectivity index (χ0v) is 10.5. The summed E-state index contributed by atoms with van der Waals surface area (Å²) in [6.07, 6.45) is 2.33. The molecule has 0 aliphatic heterocycles. The van der Waals surface area contributed by atoms with Gasteiger partial charge in [0.15, 0.2) is 0 Å². The summed E-state index contributed by atoms with van der Waals surface area (Å²) in [5.41, 5.74) is -0.213. The molecule has 0 aliphatic rings. The van der Waals surface area contributed by atoms with Crippen molar-refractivity contribution in [3.63, 3.8) is 0 Å². The van der Waals surface area contributed by atoms with Gasteiger partial charge in [0.05, 0.1) is 22.8 Å². The van der Waals surface area contributed by atoms with Gasteiger partial charge in [-0.1, -0.05) is 0 Å². The van der Waals surface area contributed by atoms with E-state index in [2.05, 4.69) is 21.0 Å². The fourth-order valence-electron chi connectivity index (χ4n) is 1.44. The zero-order valence-electron chi connectivity index (χ0n) is 8.90. The highest BCUT2D eigenvalue weighted by molar-refractivity contribution is 9.10. The molecular formula is C11H7BrF2N2O2. The number of nitrogens with zero attached hydrogens (tertiary/aromatic N) is 2. The Labute approximate surface area is 109 Å². The van der Waals surface area contributed by atoms with Crippen molar-refractivity contribution >= 4 is 21.9 Å². The first-order valence-corrected chi connectivity index (χ1v) is 5.66. The van der Waals surface area contributed by atoms with Crippen LogP contribution < -0.4 is 0 Å². The Hall–Kier alpha value is -1.76. The Morgan fingerprint density at radius 3 is 2.78 bits per heavy atom. The van der Waals surface area contributed by atoms with Crippen LogP contribution in [0.4, 0.5) is 8.78 Å². The van der Waals surface area contributed by atoms with Crippen molar-refractivity contribution in [1.82, 2.24) is 9.78 Å². The van der Waals surface area contributed by atoms with Gasteiger partial charge in [-0.15, -0.1) is 0 Å². The summed E-state index contributed by atoms with van der Waals surface area (Å²) in [5, 5.41) is 12.4. The number of carboxylic acids is 1. The SMILES string of the molecule is O=C(O)c1cnn(Cc2c(F)ccc(Br)c2F)c1. The fraction of sp³-hybridized carbons (Fsp3) is 0.0909. The summed E-state index contributed by atoms with van der Waals surface area (Å²) >= 11 is 2.96. The van der Waals surface area contributed by atoms with Gasteiger partial charge in [-0.3, -0.25) is 4.68 Å². The van der Waals surface area contributed by atoms with Crippen molar-refractivity contribution in [1.29, 1.82) is 0 Å². The van der Waals surface area contributed by atoms with E-state index < -0.39 is 17.6 Å². The highest BCUT2D eigenvalue weighted by Gasteiger charge is 2.14. The van der Waals surface area contributed by atoms with E-state index in [4.69, 9.17) is 5.11 Å². The maximum atomic E-state index is 13.7. The Morgan fingerprint density at radius 1 is 1.44 bits per heavy atom. The zero-order chi connectivity index (χ0) is 13.3. The summed E-state index contributed by atoms with van der Waals surface area (Å²) in [4.78, 5) is 10.6. The maximum Gasteiger partial charge on any atom is 0.338 e. The van der Waals surface area contributed by atoms with Gasteiger partial charge < -0.3 is 5.11 Å². The largest absolute Gasteiger partial charge is 0.478 e. The van der Waals surface area contributed by atoms with Crippen LogP contribution >= 0.6 is 15.9 Å². The van der Waals surface area contributed by atoms with Crippen molar-refractivity contribution in [2.75, 3.05) is 0 Å². The van der Waals surface area contributed by atoms with E-state index in [9.17, 15) is 13.6 Å². The number of carbonyl (C=O) groups is 1. The monoisotopic (exact) mass is 316 g/mol. The van der Waals surface area contributed by atoms with E-state index in [-0.39, 0.29) is 22.1 Å². The van der Waals surface area contributed by atoms with Crippen LogP contribution in [0.3, 0.4) is 0 Å². The van der Waals surface area contributed by atoms with Crippen molar-refractivity contribution in [2.24, 2.45) is 0 Å². The maximum absolute atomic E-state index is 13.7. The van der Waals surface area contributed by atoms with E-state index in [0.29, 0.717) is 0 Å². The van der Waals surface area contributed by atoms with Gasteiger partial charge in [0.25, 0.3) is 0 Å². The number of aromatic nitrogens is 2. The third-order valence-electron chi connectivity index (χ3n) is 2.34. The molecule has 2 aromatic rings. The summed E-state index contributed by atoms with van der Waals surface area (Å²) in [6, 6.07) is 2.39. The molecule has 0 saturated carbocycles. The average Bonchev–Trinajstić information content (AvgIpc) is 2.78. The number of benzene rings is 1. The normalized spacial score (nSPS) is 10.6. The van der Waals surface area contributed by atoms with Crippen LogP contribution in [0.5, 0.6) is 0 Å². The van der Waals surface area contributed by atoms with E-state index in [1.165, 1.54) is 12.3 Å². The number of carboxylic acid groups (broad SMARTS) is 1. The lowest BCUT2D eigenvalue weighted by molar-refractivity contribution is 0.0697. The minimum absolute atomic E-state index is 0.0363. The standard InChI is InChI=1S/C11H7BrF2N2O2/c12-8-1-2-9(13)7(10(8)14)5-16-4-6(3-15-16)11(17)18/h1-4H,5H2,(H,17,18). The molecule has 18 heavy (non-hydrogen) atoms. The van der Waals surface area contributed by atoms with E-state index >= 15 is 0 Å². The molecule has 1 heterocycles. The summed E-state index contributed by atoms with van der Waals surface area (Å²) in [7, 11) is 0. The van der Waals surface area contributed by atoms with Gasteiger partial charge in [0.2, 0.25) is 0 Å². The van der Waals surface area contributed by atoms with Gasteiger partial charge in [-0.2, -0.15) is 5.10 Å². The first-order valence-electron chi connectivity index (χ1n) is 4.87. The molecule has 0 radical (unpaired) electrons. The Balaban J connectivity index is 2.33. The second-order valence-electron chi connectivity index (χ2n) is 3.55. The van der Waals surface area contributed by atoms with Crippen LogP contribution in [-0.4, -0.2) is 20.9 Å². The second-order valence-corrected chi connectivity index (χ2v) is 4.41. The van der Waals surface area contributed by atoms with Crippen LogP contribution in [0.15, 0.2) is 29.0 Å². The molecule has 0 atom stereocenters. The fourth-order valence-corrected chi connectivity index (χ4v) is 1.81. The number of hydrogen-bond donors (Lipinski definition) is 1. The van der Waals surface area contributed by atoms with Gasteiger partial charge in [-0.25, -0.2) is 13.6 Å². The molecule has 1 N–H and O–H groups in total. The molecule has 1 aromatic heterocycles. The minimum Gasteiger partial charge on any atom is -0.478 e. The average molecular weight is 317 g/mol. The molecule has 0 bridgehead atoms. The van der Waals surface area contributed by atoms with Crippen molar-refractivity contribution in [3.8, 4) is 0 Å². The smallest absolute Gasteiger partial charge is 0.338 e. The molecule has 7 heteroatoms. The molecule has 2 rings (SSSR count). The molecule has 0 saturated heterocycles. The Bertz CT molecular complexity index is 613. The van der Waals surface area contributed by atoms with Crippen LogP contribution in [0, 0.1) is 11.6 Å². The molecule has 0 amide bonds. The van der Waals surface area contributed by atoms with Crippen LogP contribution in [0.1, 0.15) is 15.9 Å². The van der Waals surface area contributed by atoms with Crippen molar-refractivity contribution in [3.05, 3.63) is 51.8 Å². The number of hydrogen-bond acceptors (Lipinski definition) is 2. The molecule has 0 spiro atoms. The lowest BCUT2D eigenvalue weighted by atomic mass is 10.2. The molecule has 1 aromatic carbocycles. The molecular weight excluding hydrogens is 310 g/mol. The molecule has 94 valence electrons. The predicted octanol–water partition coefficient (Wildman–Crippen LogP) is 2.67. The van der Waals surface area contributed by atoms with Crippen LogP contribution in [0.2, 0.25) is 0 Å². The molecule has 0 unspecified atom stereocenters. The van der Waals surface area contributed by atoms with Crippen LogP contribution in [-0.2, 0) is 6.54 Å². The lowest BCUT2D eigenvalue weighted by Gasteiger charge is -2.06. The first-order chi connectivity index (χ1) is 8.49. The first kappa shape index (κ1) is 12.7. The number of aromatic carboxylic acids is 1. The minimum atomic E-state index is -1.14. The van der Waals surface area contributed by atoms with E-state index in [1.807, 2.05) is 0 Å². The van der Waals surface area contributed by atoms with Gasteiger partial charge in [0, 0.05) is 11.8 Å². The van der Waals surface area contributed by atoms with Crippen LogP contribution in [0.25, 0.3) is 0 Å². The van der Waals surface area contributed by atoms with Gasteiger partial charge >= 0.3 is 5.97 Å². The van der Waals surface area contributed by atoms with E-state index in [1.54, 1.807) is 0 Å². The number of rotatable bonds is 3. The topological polar surface area (TPSA) is 55.1 Å². The predicted molar refractivity (Wildman–Crippen MR) is 62.3 cm³/mol. The van der Waals surface area contributed by atoms with Crippen molar-refractivity contribution < 1.29 is 18.7 Å². The summed E-state index contributed by atoms with van der Waals surface area (Å²) in [6.45, 7) is -0.176. The van der Waals surface area contributed by atoms with Gasteiger partial charge in [0.1, 0.15) is 11.6 Å². The summed E-state index contributed by atoms with van der Waals surface area (Å²) in [5.74, 6) is -2.57. The quantitative estimate of drug-likeness (QED) is 0.886. The lowest BCUT2D eigenvalue weighted by Crippen LogP contribution is -2.05. The highest BCUT2D eigenvalue weighted by Crippen LogP contribution is 2.22. The molecule has 0 fully saturated rings. The summed E-state index contributed by atoms with van der Waals surface area (Å²) < 4.78 is 28.4. The van der Waals surface area contributed by atoms with E-state index in [0.717, 1.165) is 16.9 Å². The van der Waals surface area contributed by atoms with Gasteiger partial charge in [-0.05, 0) is 28.1 Å². The van der Waals surface area contributed by atoms with Crippen molar-refractivity contribution in [2.45, 2.75) is 6.54 Å². The molecule has 0 aliphatic carbocycles.